The summed E-state index contributed by atoms with van der Waals surface area (Å²) in [6, 6.07) is 7.22. The van der Waals surface area contributed by atoms with Crippen molar-refractivity contribution in [2.75, 3.05) is 20.7 Å². The van der Waals surface area contributed by atoms with Gasteiger partial charge in [0.25, 0.3) is 5.91 Å². The van der Waals surface area contributed by atoms with E-state index >= 15 is 0 Å². The number of ether oxygens (including phenoxy) is 1. The van der Waals surface area contributed by atoms with E-state index in [1.165, 1.54) is 7.11 Å². The summed E-state index contributed by atoms with van der Waals surface area (Å²) in [5.41, 5.74) is 7.12. The molecular formula is C14H21ClN2O3. The van der Waals surface area contributed by atoms with E-state index in [-0.39, 0.29) is 24.3 Å². The van der Waals surface area contributed by atoms with Crippen molar-refractivity contribution in [1.82, 2.24) is 4.90 Å². The van der Waals surface area contributed by atoms with Crippen LogP contribution in [-0.2, 0) is 16.1 Å². The SMILES string of the molecule is COC(=O)CCCN(C)C(=O)c1ccc(CN)cc1.Cl. The molecule has 1 amide bonds. The molecule has 0 bridgehead atoms. The summed E-state index contributed by atoms with van der Waals surface area (Å²) in [7, 11) is 3.08. The molecule has 0 aliphatic heterocycles. The molecule has 0 spiro atoms. The zero-order valence-electron chi connectivity index (χ0n) is 11.8. The van der Waals surface area contributed by atoms with Gasteiger partial charge in [-0.3, -0.25) is 9.59 Å². The standard InChI is InChI=1S/C14H20N2O3.ClH/c1-16(9-3-4-13(17)19-2)14(18)12-7-5-11(10-15)6-8-12;/h5-8H,3-4,9-10,15H2,1-2H3;1H. The quantitative estimate of drug-likeness (QED) is 0.810. The molecule has 0 unspecified atom stereocenters. The number of nitrogens with two attached hydrogens (primary N) is 1. The molecular weight excluding hydrogens is 280 g/mol. The van der Waals surface area contributed by atoms with Gasteiger partial charge in [-0.15, -0.1) is 12.4 Å². The van der Waals surface area contributed by atoms with Crippen LogP contribution in [0.5, 0.6) is 0 Å². The molecule has 1 aromatic carbocycles. The van der Waals surface area contributed by atoms with Crippen molar-refractivity contribution in [2.24, 2.45) is 5.73 Å². The highest BCUT2D eigenvalue weighted by Crippen LogP contribution is 2.07. The van der Waals surface area contributed by atoms with Gasteiger partial charge in [0.2, 0.25) is 0 Å². The first-order chi connectivity index (χ1) is 9.08. The molecule has 0 heterocycles. The molecule has 0 aromatic heterocycles. The number of esters is 1. The van der Waals surface area contributed by atoms with Crippen LogP contribution in [-0.4, -0.2) is 37.5 Å². The van der Waals surface area contributed by atoms with Crippen molar-refractivity contribution in [3.8, 4) is 0 Å². The maximum absolute atomic E-state index is 12.1. The third-order valence-electron chi connectivity index (χ3n) is 2.89. The molecule has 0 saturated heterocycles. The Labute approximate surface area is 125 Å². The highest BCUT2D eigenvalue weighted by atomic mass is 35.5. The maximum atomic E-state index is 12.1. The Morgan fingerprint density at radius 1 is 1.25 bits per heavy atom. The molecule has 0 fully saturated rings. The van der Waals surface area contributed by atoms with E-state index in [1.807, 2.05) is 12.1 Å². The van der Waals surface area contributed by atoms with Gasteiger partial charge >= 0.3 is 5.97 Å². The number of hydrogen-bond donors (Lipinski definition) is 1. The summed E-state index contributed by atoms with van der Waals surface area (Å²) in [6.45, 7) is 0.982. The van der Waals surface area contributed by atoms with Crippen LogP contribution in [0.15, 0.2) is 24.3 Å². The second-order valence-electron chi connectivity index (χ2n) is 4.31. The Hall–Kier alpha value is -1.59. The molecule has 0 atom stereocenters. The van der Waals surface area contributed by atoms with Crippen LogP contribution >= 0.6 is 12.4 Å². The largest absolute Gasteiger partial charge is 0.469 e. The van der Waals surface area contributed by atoms with E-state index in [4.69, 9.17) is 5.73 Å². The summed E-state index contributed by atoms with van der Waals surface area (Å²) in [5, 5.41) is 0. The van der Waals surface area contributed by atoms with Crippen molar-refractivity contribution < 1.29 is 14.3 Å². The van der Waals surface area contributed by atoms with Crippen LogP contribution in [0.3, 0.4) is 0 Å². The summed E-state index contributed by atoms with van der Waals surface area (Å²) in [6.07, 6.45) is 0.913. The Morgan fingerprint density at radius 3 is 2.35 bits per heavy atom. The summed E-state index contributed by atoms with van der Waals surface area (Å²) in [5.74, 6) is -0.318. The average Bonchev–Trinajstić information content (AvgIpc) is 2.46. The molecule has 0 aliphatic carbocycles. The fourth-order valence-corrected chi connectivity index (χ4v) is 1.67. The molecule has 5 nitrogen and oxygen atoms in total. The topological polar surface area (TPSA) is 72.6 Å². The Kier molecular flexibility index (Phi) is 8.59. The highest BCUT2D eigenvalue weighted by molar-refractivity contribution is 5.94. The zero-order valence-corrected chi connectivity index (χ0v) is 12.6. The van der Waals surface area contributed by atoms with Crippen LogP contribution in [0.4, 0.5) is 0 Å². The number of benzene rings is 1. The lowest BCUT2D eigenvalue weighted by atomic mass is 10.1. The minimum atomic E-state index is -0.256. The normalized spacial score (nSPS) is 9.55. The van der Waals surface area contributed by atoms with E-state index in [1.54, 1.807) is 24.1 Å². The number of carbonyl (C=O) groups excluding carboxylic acids is 2. The lowest BCUT2D eigenvalue weighted by molar-refractivity contribution is -0.140. The smallest absolute Gasteiger partial charge is 0.305 e. The minimum Gasteiger partial charge on any atom is -0.469 e. The number of hydrogen-bond acceptors (Lipinski definition) is 4. The Morgan fingerprint density at radius 2 is 1.85 bits per heavy atom. The molecule has 112 valence electrons. The zero-order chi connectivity index (χ0) is 14.3. The first-order valence-corrected chi connectivity index (χ1v) is 6.19. The Bertz CT molecular complexity index is 435. The van der Waals surface area contributed by atoms with Crippen LogP contribution in [0.1, 0.15) is 28.8 Å². The predicted molar refractivity (Wildman–Crippen MR) is 79.8 cm³/mol. The molecule has 0 saturated carbocycles. The lowest BCUT2D eigenvalue weighted by Crippen LogP contribution is -2.28. The molecule has 0 radical (unpaired) electrons. The number of methoxy groups -OCH3 is 1. The van der Waals surface area contributed by atoms with E-state index < -0.39 is 0 Å². The molecule has 1 aromatic rings. The third-order valence-corrected chi connectivity index (χ3v) is 2.89. The van der Waals surface area contributed by atoms with Crippen LogP contribution < -0.4 is 5.73 Å². The molecule has 20 heavy (non-hydrogen) atoms. The van der Waals surface area contributed by atoms with Gasteiger partial charge in [0, 0.05) is 32.1 Å². The van der Waals surface area contributed by atoms with Gasteiger partial charge in [-0.25, -0.2) is 0 Å². The Balaban J connectivity index is 0.00000361. The fourth-order valence-electron chi connectivity index (χ4n) is 1.67. The summed E-state index contributed by atoms with van der Waals surface area (Å²) in [4.78, 5) is 24.6. The van der Waals surface area contributed by atoms with Crippen LogP contribution in [0.2, 0.25) is 0 Å². The van der Waals surface area contributed by atoms with Crippen molar-refractivity contribution in [1.29, 1.82) is 0 Å². The van der Waals surface area contributed by atoms with E-state index in [0.717, 1.165) is 5.56 Å². The average molecular weight is 301 g/mol. The van der Waals surface area contributed by atoms with Gasteiger partial charge in [0.15, 0.2) is 0 Å². The van der Waals surface area contributed by atoms with Gasteiger partial charge in [-0.05, 0) is 24.1 Å². The second-order valence-corrected chi connectivity index (χ2v) is 4.31. The van der Waals surface area contributed by atoms with E-state index in [0.29, 0.717) is 31.5 Å². The lowest BCUT2D eigenvalue weighted by Gasteiger charge is -2.17. The second kappa shape index (κ2) is 9.34. The predicted octanol–water partition coefficient (Wildman–Crippen LogP) is 1.59. The van der Waals surface area contributed by atoms with Crippen LogP contribution in [0.25, 0.3) is 0 Å². The van der Waals surface area contributed by atoms with Crippen LogP contribution in [0, 0.1) is 0 Å². The first kappa shape index (κ1) is 18.4. The number of nitrogens with zero attached hydrogens (tertiary/aromatic N) is 1. The van der Waals surface area contributed by atoms with Gasteiger partial charge in [0.1, 0.15) is 0 Å². The monoisotopic (exact) mass is 300 g/mol. The molecule has 1 rings (SSSR count). The number of carbonyl (C=O) groups is 2. The number of rotatable bonds is 6. The van der Waals surface area contributed by atoms with E-state index in [2.05, 4.69) is 4.74 Å². The van der Waals surface area contributed by atoms with Gasteiger partial charge in [-0.2, -0.15) is 0 Å². The van der Waals surface area contributed by atoms with Gasteiger partial charge < -0.3 is 15.4 Å². The third kappa shape index (κ3) is 5.59. The fraction of sp³-hybridized carbons (Fsp3) is 0.429. The number of halogens is 1. The maximum Gasteiger partial charge on any atom is 0.305 e. The minimum absolute atomic E-state index is 0. The first-order valence-electron chi connectivity index (χ1n) is 6.19. The van der Waals surface area contributed by atoms with Crippen molar-refractivity contribution >= 4 is 24.3 Å². The van der Waals surface area contributed by atoms with Gasteiger partial charge in [-0.1, -0.05) is 12.1 Å². The number of amides is 1. The summed E-state index contributed by atoms with van der Waals surface area (Å²) < 4.78 is 4.55. The van der Waals surface area contributed by atoms with Gasteiger partial charge in [0.05, 0.1) is 7.11 Å². The van der Waals surface area contributed by atoms with Crippen molar-refractivity contribution in [2.45, 2.75) is 19.4 Å². The molecule has 6 heteroatoms. The summed E-state index contributed by atoms with van der Waals surface area (Å²) >= 11 is 0. The van der Waals surface area contributed by atoms with Crippen molar-refractivity contribution in [3.63, 3.8) is 0 Å². The van der Waals surface area contributed by atoms with Crippen molar-refractivity contribution in [3.05, 3.63) is 35.4 Å². The molecule has 2 N–H and O–H groups in total. The highest BCUT2D eigenvalue weighted by Gasteiger charge is 2.11. The van der Waals surface area contributed by atoms with E-state index in [9.17, 15) is 9.59 Å². The molecule has 0 aliphatic rings.